The van der Waals surface area contributed by atoms with E-state index >= 15 is 0 Å². The molecular formula is C80H95N9O5. The Hall–Kier alpha value is -9.11. The molecule has 490 valence electrons. The lowest BCUT2D eigenvalue weighted by atomic mass is 10.0. The van der Waals surface area contributed by atoms with Crippen molar-refractivity contribution in [2.75, 3.05) is 101 Å². The Kier molecular flexibility index (Phi) is 23.0. The molecule has 8 aromatic carbocycles. The molecular weight excluding hydrogens is 1170 g/mol. The molecule has 0 aliphatic carbocycles. The van der Waals surface area contributed by atoms with E-state index in [9.17, 15) is 14.4 Å². The third-order valence-corrected chi connectivity index (χ3v) is 18.1. The average molecular weight is 1260 g/mol. The van der Waals surface area contributed by atoms with Crippen LogP contribution in [-0.2, 0) is 38.9 Å². The van der Waals surface area contributed by atoms with Crippen LogP contribution in [0.25, 0.3) is 0 Å². The molecule has 14 nitrogen and oxygen atoms in total. The summed E-state index contributed by atoms with van der Waals surface area (Å²) in [6, 6.07) is 63.1. The number of fused-ring (bicyclic) bond motifs is 2. The topological polar surface area (TPSA) is 125 Å². The Morgan fingerprint density at radius 2 is 0.926 bits per heavy atom. The summed E-state index contributed by atoms with van der Waals surface area (Å²) in [4.78, 5) is 53.6. The number of nitrogens with zero attached hydrogens (tertiary/aromatic N) is 6. The lowest BCUT2D eigenvalue weighted by Gasteiger charge is -2.37. The van der Waals surface area contributed by atoms with Crippen LogP contribution in [0, 0.1) is 0 Å². The highest BCUT2D eigenvalue weighted by Crippen LogP contribution is 2.36. The quantitative estimate of drug-likeness (QED) is 0.0504. The van der Waals surface area contributed by atoms with Crippen LogP contribution in [0.1, 0.15) is 127 Å². The largest absolute Gasteiger partial charge is 0.489 e. The molecule has 4 amide bonds. The van der Waals surface area contributed by atoms with Crippen molar-refractivity contribution in [1.29, 1.82) is 0 Å². The van der Waals surface area contributed by atoms with E-state index < -0.39 is 0 Å². The molecule has 3 N–H and O–H groups in total. The summed E-state index contributed by atoms with van der Waals surface area (Å²) in [7, 11) is 0. The van der Waals surface area contributed by atoms with Crippen molar-refractivity contribution in [3.05, 3.63) is 233 Å². The minimum absolute atomic E-state index is 0.0249. The molecule has 0 atom stereocenters. The number of hydrogen-bond donors (Lipinski definition) is 3. The van der Waals surface area contributed by atoms with Gasteiger partial charge >= 0.3 is 6.03 Å². The van der Waals surface area contributed by atoms with Crippen molar-refractivity contribution in [1.82, 2.24) is 9.80 Å². The summed E-state index contributed by atoms with van der Waals surface area (Å²) in [5.41, 5.74) is 15.4. The maximum Gasteiger partial charge on any atom is 0.323 e. The Morgan fingerprint density at radius 1 is 0.415 bits per heavy atom. The molecule has 0 bridgehead atoms. The molecule has 2 saturated heterocycles. The summed E-state index contributed by atoms with van der Waals surface area (Å²) in [5, 5.41) is 9.34. The first-order valence-electron chi connectivity index (χ1n) is 34.4. The predicted molar refractivity (Wildman–Crippen MR) is 386 cm³/mol. The number of piperazine rings is 2. The molecule has 4 aliphatic rings. The van der Waals surface area contributed by atoms with E-state index in [1.165, 1.54) is 72.9 Å². The first-order chi connectivity index (χ1) is 45.9. The van der Waals surface area contributed by atoms with Gasteiger partial charge in [-0.15, -0.1) is 0 Å². The Balaban J connectivity index is 0.000000193. The molecule has 2 fully saturated rings. The second kappa shape index (κ2) is 32.6. The van der Waals surface area contributed by atoms with E-state index in [1.807, 2.05) is 107 Å². The van der Waals surface area contributed by atoms with Crippen LogP contribution in [0.5, 0.6) is 11.5 Å². The van der Waals surface area contributed by atoms with Crippen molar-refractivity contribution in [2.24, 2.45) is 0 Å². The first kappa shape index (κ1) is 66.3. The highest BCUT2D eigenvalue weighted by Gasteiger charge is 2.29. The predicted octanol–water partition coefficient (Wildman–Crippen LogP) is 16.2. The van der Waals surface area contributed by atoms with Crippen molar-refractivity contribution in [3.63, 3.8) is 0 Å². The van der Waals surface area contributed by atoms with Crippen LogP contribution in [0.15, 0.2) is 188 Å². The minimum Gasteiger partial charge on any atom is -0.489 e. The number of urea groups is 1. The van der Waals surface area contributed by atoms with E-state index in [4.69, 9.17) is 9.47 Å². The molecule has 0 aromatic heterocycles. The lowest BCUT2D eigenvalue weighted by molar-refractivity contribution is 0.0981. The van der Waals surface area contributed by atoms with Crippen molar-refractivity contribution in [2.45, 2.75) is 124 Å². The van der Waals surface area contributed by atoms with Gasteiger partial charge in [0.25, 0.3) is 11.8 Å². The number of aryl methyl sites for hydroxylation is 1. The maximum atomic E-state index is 13.8. The zero-order valence-corrected chi connectivity index (χ0v) is 55.8. The second-order valence-corrected chi connectivity index (χ2v) is 25.9. The van der Waals surface area contributed by atoms with Crippen molar-refractivity contribution in [3.8, 4) is 11.5 Å². The number of anilines is 7. The highest BCUT2D eigenvalue weighted by atomic mass is 16.5. The van der Waals surface area contributed by atoms with E-state index in [1.54, 1.807) is 0 Å². The summed E-state index contributed by atoms with van der Waals surface area (Å²) in [6.07, 6.45) is 11.1. The van der Waals surface area contributed by atoms with Gasteiger partial charge in [-0.2, -0.15) is 0 Å². The number of rotatable bonds is 24. The van der Waals surface area contributed by atoms with Crippen LogP contribution in [0.2, 0.25) is 0 Å². The third kappa shape index (κ3) is 18.0. The van der Waals surface area contributed by atoms with Crippen LogP contribution in [-0.4, -0.2) is 105 Å². The van der Waals surface area contributed by atoms with Gasteiger partial charge in [0.2, 0.25) is 0 Å². The fourth-order valence-corrected chi connectivity index (χ4v) is 13.2. The number of hydrogen-bond acceptors (Lipinski definition) is 10. The number of nitrogens with one attached hydrogen (secondary N) is 3. The van der Waals surface area contributed by atoms with Gasteiger partial charge in [0.05, 0.1) is 23.6 Å². The van der Waals surface area contributed by atoms with Gasteiger partial charge in [-0.3, -0.25) is 19.4 Å². The van der Waals surface area contributed by atoms with Gasteiger partial charge in [0, 0.05) is 125 Å². The Morgan fingerprint density at radius 3 is 1.51 bits per heavy atom. The van der Waals surface area contributed by atoms with Crippen LogP contribution >= 0.6 is 0 Å². The molecule has 0 spiro atoms. The highest BCUT2D eigenvalue weighted by molar-refractivity contribution is 6.09. The zero-order chi connectivity index (χ0) is 65.2. The van der Waals surface area contributed by atoms with E-state index in [2.05, 4.69) is 161 Å². The summed E-state index contributed by atoms with van der Waals surface area (Å²) in [6.45, 7) is 21.8. The molecule has 8 aromatic rings. The molecule has 14 heteroatoms. The van der Waals surface area contributed by atoms with Crippen molar-refractivity contribution < 1.29 is 23.9 Å². The van der Waals surface area contributed by atoms with Gasteiger partial charge in [0.15, 0.2) is 0 Å². The molecule has 4 aliphatic heterocycles. The summed E-state index contributed by atoms with van der Waals surface area (Å²) >= 11 is 0. The average Bonchev–Trinajstić information content (AvgIpc) is 1.65. The van der Waals surface area contributed by atoms with Crippen molar-refractivity contribution >= 4 is 57.7 Å². The zero-order valence-electron chi connectivity index (χ0n) is 55.8. The number of carbonyl (C=O) groups is 3. The maximum absolute atomic E-state index is 13.8. The van der Waals surface area contributed by atoms with Gasteiger partial charge in [-0.1, -0.05) is 136 Å². The standard InChI is InChI=1S/C44H56N4O2.C36H39N5O3/c1-4-5-6-7-8-9-13-35-18-20-36(21-19-35)32-45-40-22-23-41-38(31-40)24-25-48(41)44(49)39-15-12-14-37(30-39)33-46-26-28-47(29-27-46)42-16-10-11-17-43(42)50-34(2)3;1-26(2)44-34-14-7-6-13-32(34)40-21-19-39(20-22-40)25-27-9-8-10-29(23-27)35(42)41-18-17-28-15-16-31(24-33(28)41)38-36(43)37-30-11-4-3-5-12-30/h10-12,14-23,30-31,34,45H,4-9,13,24-29,32-33H2,1-3H3;3-16,23-24,26H,17-22,25H2,1-2H3,(H2,37,38,43). The second-order valence-electron chi connectivity index (χ2n) is 25.9. The summed E-state index contributed by atoms with van der Waals surface area (Å²) < 4.78 is 12.1. The lowest BCUT2D eigenvalue weighted by Crippen LogP contribution is -2.46. The van der Waals surface area contributed by atoms with Crippen LogP contribution < -0.4 is 45.0 Å². The van der Waals surface area contributed by atoms with Gasteiger partial charge in [-0.05, 0) is 178 Å². The molecule has 12 rings (SSSR count). The summed E-state index contributed by atoms with van der Waals surface area (Å²) in [5.74, 6) is 1.95. The van der Waals surface area contributed by atoms with E-state index in [0.717, 1.165) is 136 Å². The SMILES string of the molecule is CC(C)Oc1ccccc1N1CCN(Cc2cccc(C(=O)N3CCc4ccc(NC(=O)Nc5ccccc5)cc43)c2)CC1.CCCCCCCCc1ccc(CNc2ccc3c(c2)CCN3C(=O)c2cccc(CN3CCN(c4ccccc4OC(C)C)CC3)c2)cc1. The number of amides is 4. The number of para-hydroxylation sites is 5. The molecule has 0 unspecified atom stereocenters. The van der Waals surface area contributed by atoms with Gasteiger partial charge in [-0.25, -0.2) is 4.79 Å². The fourth-order valence-electron chi connectivity index (χ4n) is 13.2. The van der Waals surface area contributed by atoms with E-state index in [0.29, 0.717) is 30.0 Å². The third-order valence-electron chi connectivity index (χ3n) is 18.1. The Labute approximate surface area is 557 Å². The Bertz CT molecular complexity index is 3780. The first-order valence-corrected chi connectivity index (χ1v) is 34.4. The molecule has 94 heavy (non-hydrogen) atoms. The normalized spacial score (nSPS) is 14.7. The minimum atomic E-state index is -0.325. The monoisotopic (exact) mass is 1260 g/mol. The van der Waals surface area contributed by atoms with Crippen LogP contribution in [0.4, 0.5) is 44.6 Å². The number of ether oxygens (including phenoxy) is 2. The number of benzene rings is 8. The van der Waals surface area contributed by atoms with Gasteiger partial charge < -0.3 is 45.0 Å². The fraction of sp³-hybridized carbons (Fsp3) is 0.362. The van der Waals surface area contributed by atoms with Gasteiger partial charge in [0.1, 0.15) is 11.5 Å². The molecule has 4 heterocycles. The molecule has 0 radical (unpaired) electrons. The number of unbranched alkanes of at least 4 members (excludes halogenated alkanes) is 5. The van der Waals surface area contributed by atoms with E-state index in [-0.39, 0.29) is 30.1 Å². The number of carbonyl (C=O) groups excluding carboxylic acids is 3. The molecule has 0 saturated carbocycles. The van der Waals surface area contributed by atoms with Crippen LogP contribution in [0.3, 0.4) is 0 Å². The smallest absolute Gasteiger partial charge is 0.323 e.